The van der Waals surface area contributed by atoms with E-state index in [1.54, 1.807) is 0 Å². The Morgan fingerprint density at radius 1 is 0.724 bits per heavy atom. The molecule has 0 aromatic heterocycles. The van der Waals surface area contributed by atoms with Crippen molar-refractivity contribution in [3.05, 3.63) is 118 Å². The van der Waals surface area contributed by atoms with Crippen LogP contribution in [0, 0.1) is 17.9 Å². The Morgan fingerprint density at radius 3 is 1.78 bits per heavy atom. The average molecular weight is 829 g/mol. The van der Waals surface area contributed by atoms with Gasteiger partial charge in [-0.3, -0.25) is 4.79 Å². The van der Waals surface area contributed by atoms with Crippen molar-refractivity contribution in [1.29, 1.82) is 5.26 Å². The number of nitrogens with zero attached hydrogens (tertiary/aromatic N) is 2. The number of rotatable bonds is 20. The quantitative estimate of drug-likeness (QED) is 0.00930. The number of unbranched alkanes of at least 4 members (excludes halogenated alkanes) is 2. The fourth-order valence-electron chi connectivity index (χ4n) is 4.51. The van der Waals surface area contributed by atoms with Crippen molar-refractivity contribution >= 4 is 65.6 Å². The highest BCUT2D eigenvalue weighted by molar-refractivity contribution is 8.24. The summed E-state index contributed by atoms with van der Waals surface area (Å²) in [5.41, 5.74) is 0.470. The van der Waals surface area contributed by atoms with Crippen molar-refractivity contribution in [3.8, 4) is 23.3 Å². The van der Waals surface area contributed by atoms with Gasteiger partial charge in [-0.1, -0.05) is 48.8 Å². The number of hydrogen-bond acceptors (Lipinski definition) is 17. The number of allylic oxidation sites excluding steroid dienone is 1. The minimum absolute atomic E-state index is 0.0296. The Bertz CT molecular complexity index is 2150. The lowest BCUT2D eigenvalue weighted by molar-refractivity contribution is -0.259. The highest BCUT2D eigenvalue weighted by Gasteiger charge is 2.30. The molecule has 18 heteroatoms. The molecular formula is C40H32N2O14S2. The number of ether oxygens (including phenoxy) is 6. The Morgan fingerprint density at radius 2 is 1.24 bits per heavy atom. The van der Waals surface area contributed by atoms with E-state index >= 15 is 0 Å². The van der Waals surface area contributed by atoms with Gasteiger partial charge < -0.3 is 33.3 Å². The van der Waals surface area contributed by atoms with Gasteiger partial charge in [0.05, 0.1) is 69.8 Å². The van der Waals surface area contributed by atoms with Crippen molar-refractivity contribution < 1.29 is 67.0 Å². The van der Waals surface area contributed by atoms with Gasteiger partial charge in [0.1, 0.15) is 17.2 Å². The van der Waals surface area contributed by atoms with Gasteiger partial charge in [-0.25, -0.2) is 34.1 Å². The smallest absolute Gasteiger partial charge is 0.463 e. The van der Waals surface area contributed by atoms with Gasteiger partial charge in [-0.15, -0.1) is 0 Å². The molecular weight excluding hydrogens is 797 g/mol. The van der Waals surface area contributed by atoms with Crippen molar-refractivity contribution in [2.24, 2.45) is 0 Å². The summed E-state index contributed by atoms with van der Waals surface area (Å²) in [4.78, 5) is 84.6. The van der Waals surface area contributed by atoms with Crippen LogP contribution in [0.4, 0.5) is 4.79 Å². The fraction of sp³-hybridized carbons (Fsp3) is 0.200. The first-order valence-corrected chi connectivity index (χ1v) is 18.6. The van der Waals surface area contributed by atoms with Crippen LogP contribution in [-0.4, -0.2) is 62.9 Å². The lowest BCUT2D eigenvalue weighted by Crippen LogP contribution is -2.13. The van der Waals surface area contributed by atoms with E-state index in [1.807, 2.05) is 6.07 Å². The third kappa shape index (κ3) is 12.8. The van der Waals surface area contributed by atoms with E-state index in [9.17, 15) is 34.0 Å². The van der Waals surface area contributed by atoms with Crippen LogP contribution in [0.5, 0.6) is 17.2 Å². The Kier molecular flexibility index (Phi) is 17.1. The molecule has 0 unspecified atom stereocenters. The monoisotopic (exact) mass is 828 g/mol. The van der Waals surface area contributed by atoms with Gasteiger partial charge in [0.2, 0.25) is 0 Å². The normalized spacial score (nSPS) is 12.0. The summed E-state index contributed by atoms with van der Waals surface area (Å²) < 4.78 is 31.8. The summed E-state index contributed by atoms with van der Waals surface area (Å²) in [6.45, 7) is 15.0. The number of fused-ring (bicyclic) bond motifs is 1. The number of thioether (sulfide) groups is 2. The molecule has 1 heterocycles. The first-order chi connectivity index (χ1) is 28.1. The molecule has 0 radical (unpaired) electrons. The van der Waals surface area contributed by atoms with Crippen LogP contribution in [0.2, 0.25) is 0 Å². The fourth-order valence-corrected chi connectivity index (χ4v) is 6.98. The van der Waals surface area contributed by atoms with Crippen molar-refractivity contribution in [3.63, 3.8) is 0 Å². The lowest BCUT2D eigenvalue weighted by Gasteiger charge is -2.12. The van der Waals surface area contributed by atoms with Crippen LogP contribution in [-0.2, 0) is 38.4 Å². The minimum atomic E-state index is -0.968. The summed E-state index contributed by atoms with van der Waals surface area (Å²) >= 11 is 2.00. The second-order valence-electron chi connectivity index (χ2n) is 11.3. The van der Waals surface area contributed by atoms with Gasteiger partial charge in [-0.05, 0) is 79.8 Å². The lowest BCUT2D eigenvalue weighted by atomic mass is 10.1. The van der Waals surface area contributed by atoms with Crippen LogP contribution in [0.25, 0.3) is 10.4 Å². The van der Waals surface area contributed by atoms with E-state index in [0.717, 1.165) is 29.6 Å². The molecule has 0 saturated heterocycles. The van der Waals surface area contributed by atoms with Gasteiger partial charge in [0.25, 0.3) is 5.70 Å². The highest BCUT2D eigenvalue weighted by atomic mass is 32.2. The molecule has 1 aliphatic rings. The summed E-state index contributed by atoms with van der Waals surface area (Å²) in [6, 6.07) is 16.0. The molecule has 3 aromatic rings. The summed E-state index contributed by atoms with van der Waals surface area (Å²) in [6.07, 6.45) is 1.91. The zero-order valence-corrected chi connectivity index (χ0v) is 32.1. The number of benzene rings is 3. The molecule has 0 atom stereocenters. The molecule has 0 saturated carbocycles. The van der Waals surface area contributed by atoms with Gasteiger partial charge in [0.15, 0.2) is 0 Å². The molecule has 0 bridgehead atoms. The largest absolute Gasteiger partial charge is 0.513 e. The van der Waals surface area contributed by atoms with Crippen LogP contribution in [0.15, 0.2) is 99.6 Å². The Labute approximate surface area is 340 Å². The summed E-state index contributed by atoms with van der Waals surface area (Å²) in [5.74, 6) is -2.53. The zero-order chi connectivity index (χ0) is 41.9. The van der Waals surface area contributed by atoms with Crippen molar-refractivity contribution in [1.82, 2.24) is 0 Å². The number of esters is 4. The number of nitriles is 1. The maximum atomic E-state index is 13.2. The predicted molar refractivity (Wildman–Crippen MR) is 205 cm³/mol. The summed E-state index contributed by atoms with van der Waals surface area (Å²) in [7, 11) is 0. The second kappa shape index (κ2) is 22.6. The van der Waals surface area contributed by atoms with Crippen molar-refractivity contribution in [2.45, 2.75) is 35.5 Å². The molecule has 16 nitrogen and oxygen atoms in total. The number of hydrogen-bond donors (Lipinski definition) is 0. The molecule has 0 fully saturated rings. The van der Waals surface area contributed by atoms with Crippen LogP contribution in [0.3, 0.4) is 0 Å². The van der Waals surface area contributed by atoms with E-state index < -0.39 is 30.0 Å². The maximum Gasteiger partial charge on any atom is 0.513 e. The van der Waals surface area contributed by atoms with Gasteiger partial charge in [0, 0.05) is 6.08 Å². The molecule has 58 heavy (non-hydrogen) atoms. The molecule has 0 spiro atoms. The van der Waals surface area contributed by atoms with Crippen molar-refractivity contribution in [2.75, 3.05) is 26.4 Å². The molecule has 0 amide bonds. The minimum Gasteiger partial charge on any atom is -0.463 e. The molecule has 1 aliphatic heterocycles. The van der Waals surface area contributed by atoms with Crippen LogP contribution >= 0.6 is 23.5 Å². The Balaban J connectivity index is 1.38. The first-order valence-electron chi connectivity index (χ1n) is 17.0. The molecule has 0 aliphatic carbocycles. The second-order valence-corrected chi connectivity index (χ2v) is 13.6. The molecule has 4 rings (SSSR count). The number of carbonyl (C=O) groups is 6. The molecule has 298 valence electrons. The van der Waals surface area contributed by atoms with E-state index in [4.69, 9.17) is 35.0 Å². The van der Waals surface area contributed by atoms with Gasteiger partial charge >= 0.3 is 36.5 Å². The topological polar surface area (TPSA) is 204 Å². The summed E-state index contributed by atoms with van der Waals surface area (Å²) in [5, 5.41) is 9.52. The van der Waals surface area contributed by atoms with E-state index in [2.05, 4.69) is 27.8 Å². The van der Waals surface area contributed by atoms with Crippen LogP contribution in [0.1, 0.15) is 52.0 Å². The maximum absolute atomic E-state index is 13.2. The standard InChI is InChI=1S/C40H32N2O14S2/c1-4-33(44)49-19-5-6-21-51-40(48)54-29-15-13-28(14-16-29)38(47)56-32-18-17-31(34-35(32)58-39(57-34)30(23-41)42-3)55-37(46)27-11-9-26(10-12-27)25(2)36(45)50-20-7-8-22-52-53-24-43/h4,9-18,24H,1-2,5-8,19-22H2. The zero-order valence-electron chi connectivity index (χ0n) is 30.4. The SMILES string of the molecule is [C-]#[N+]C(C#N)=C1Sc2c(OC(=O)c3ccc(OC(=O)OCCCCOC(=O)C=C)cc3)ccc(OC(=O)c3ccc(C(=C)C(=O)OCCCCOOC=O)cc3)c2S1. The van der Waals surface area contributed by atoms with E-state index in [0.29, 0.717) is 41.0 Å². The third-order valence-electron chi connectivity index (χ3n) is 7.38. The third-order valence-corrected chi connectivity index (χ3v) is 9.99. The molecule has 0 N–H and O–H groups in total. The predicted octanol–water partition coefficient (Wildman–Crippen LogP) is 7.40. The highest BCUT2D eigenvalue weighted by Crippen LogP contribution is 2.59. The van der Waals surface area contributed by atoms with Crippen LogP contribution < -0.4 is 14.2 Å². The van der Waals surface area contributed by atoms with Gasteiger partial charge in [-0.2, -0.15) is 4.89 Å². The average Bonchev–Trinajstić information content (AvgIpc) is 3.69. The first kappa shape index (κ1) is 43.9. The number of carbonyl (C=O) groups excluding carboxylic acids is 6. The Hall–Kier alpha value is -6.86. The van der Waals surface area contributed by atoms with E-state index in [1.165, 1.54) is 60.7 Å². The molecule has 3 aromatic carbocycles. The van der Waals surface area contributed by atoms with E-state index in [-0.39, 0.29) is 76.8 Å².